The summed E-state index contributed by atoms with van der Waals surface area (Å²) in [6, 6.07) is 2.03. The molecule has 0 amide bonds. The third-order valence-corrected chi connectivity index (χ3v) is 9.82. The molecule has 0 aliphatic carbocycles. The minimum atomic E-state index is -1.72. The van der Waals surface area contributed by atoms with Gasteiger partial charge in [0.2, 0.25) is 0 Å². The predicted octanol–water partition coefficient (Wildman–Crippen LogP) is 5.05. The quantitative estimate of drug-likeness (QED) is 0.608. The highest BCUT2D eigenvalue weighted by Crippen LogP contribution is 2.38. The van der Waals surface area contributed by atoms with Gasteiger partial charge < -0.3 is 9.53 Å². The smallest absolute Gasteiger partial charge is 0.192 e. The van der Waals surface area contributed by atoms with Crippen molar-refractivity contribution in [3.05, 3.63) is 34.0 Å². The Bertz CT molecular complexity index is 481. The second-order valence-electron chi connectivity index (χ2n) is 7.20. The fraction of sp³-hybridized carbons (Fsp3) is 0.625. The van der Waals surface area contributed by atoms with E-state index < -0.39 is 13.9 Å². The molecule has 0 fully saturated rings. The van der Waals surface area contributed by atoms with Crippen molar-refractivity contribution >= 4 is 19.7 Å². The van der Waals surface area contributed by atoms with E-state index in [4.69, 9.17) is 4.43 Å². The fourth-order valence-electron chi connectivity index (χ4n) is 1.43. The van der Waals surface area contributed by atoms with Crippen LogP contribution in [0.4, 0.5) is 0 Å². The van der Waals surface area contributed by atoms with E-state index in [0.29, 0.717) is 6.61 Å². The predicted molar refractivity (Wildman–Crippen MR) is 90.7 cm³/mol. The Balaban J connectivity index is 2.78. The van der Waals surface area contributed by atoms with Crippen LogP contribution in [-0.4, -0.2) is 13.4 Å². The highest BCUT2D eigenvalue weighted by atomic mass is 32.1. The number of aliphatic hydroxyl groups is 1. The second kappa shape index (κ2) is 5.76. The molecule has 1 rings (SSSR count). The van der Waals surface area contributed by atoms with Crippen LogP contribution in [0.5, 0.6) is 0 Å². The first-order valence-corrected chi connectivity index (χ1v) is 10.8. The van der Waals surface area contributed by atoms with Crippen LogP contribution < -0.4 is 0 Å². The van der Waals surface area contributed by atoms with Gasteiger partial charge in [-0.1, -0.05) is 27.4 Å². The van der Waals surface area contributed by atoms with Crippen molar-refractivity contribution in [3.8, 4) is 0 Å². The van der Waals surface area contributed by atoms with E-state index >= 15 is 0 Å². The Morgan fingerprint density at radius 1 is 1.35 bits per heavy atom. The molecule has 0 radical (unpaired) electrons. The van der Waals surface area contributed by atoms with Gasteiger partial charge >= 0.3 is 0 Å². The van der Waals surface area contributed by atoms with Crippen LogP contribution in [0.15, 0.2) is 23.6 Å². The molecule has 114 valence electrons. The summed E-state index contributed by atoms with van der Waals surface area (Å²) >= 11 is 1.64. The van der Waals surface area contributed by atoms with Gasteiger partial charge in [0.05, 0.1) is 6.61 Å². The molecule has 1 atom stereocenters. The van der Waals surface area contributed by atoms with Crippen LogP contribution in [0.25, 0.3) is 0 Å². The Kier molecular flexibility index (Phi) is 5.07. The van der Waals surface area contributed by atoms with Crippen molar-refractivity contribution in [3.63, 3.8) is 0 Å². The molecular weight excluding hydrogens is 284 g/mol. The van der Waals surface area contributed by atoms with Crippen LogP contribution in [0.3, 0.4) is 0 Å². The minimum Gasteiger partial charge on any atom is -0.412 e. The largest absolute Gasteiger partial charge is 0.412 e. The lowest BCUT2D eigenvalue weighted by Gasteiger charge is -2.36. The molecule has 0 spiro atoms. The van der Waals surface area contributed by atoms with E-state index in [0.717, 1.165) is 16.0 Å². The fourth-order valence-corrected chi connectivity index (χ4v) is 3.38. The lowest BCUT2D eigenvalue weighted by atomic mass is 9.92. The SMILES string of the molecule is C=C(C)C(C)(O)c1csc(CO[Si](C)(C)C(C)(C)C)c1. The molecule has 0 aliphatic heterocycles. The van der Waals surface area contributed by atoms with E-state index in [9.17, 15) is 5.11 Å². The van der Waals surface area contributed by atoms with Crippen molar-refractivity contribution in [1.29, 1.82) is 0 Å². The van der Waals surface area contributed by atoms with Crippen molar-refractivity contribution in [2.24, 2.45) is 0 Å². The van der Waals surface area contributed by atoms with Crippen LogP contribution in [-0.2, 0) is 16.6 Å². The van der Waals surface area contributed by atoms with Crippen LogP contribution in [0, 0.1) is 0 Å². The lowest BCUT2D eigenvalue weighted by molar-refractivity contribution is 0.0984. The molecule has 1 heterocycles. The van der Waals surface area contributed by atoms with Gasteiger partial charge in [-0.05, 0) is 54.6 Å². The zero-order valence-corrected chi connectivity index (χ0v) is 15.6. The molecule has 0 aromatic carbocycles. The topological polar surface area (TPSA) is 29.5 Å². The summed E-state index contributed by atoms with van der Waals surface area (Å²) in [5.41, 5.74) is 0.710. The van der Waals surface area contributed by atoms with E-state index in [1.807, 2.05) is 18.4 Å². The van der Waals surface area contributed by atoms with E-state index in [1.54, 1.807) is 18.3 Å². The Labute approximate surface area is 128 Å². The minimum absolute atomic E-state index is 0.219. The molecule has 0 bridgehead atoms. The third kappa shape index (κ3) is 3.82. The maximum absolute atomic E-state index is 10.4. The van der Waals surface area contributed by atoms with Crippen LogP contribution in [0.1, 0.15) is 45.1 Å². The molecule has 1 N–H and O–H groups in total. The van der Waals surface area contributed by atoms with Crippen molar-refractivity contribution < 1.29 is 9.53 Å². The normalized spacial score (nSPS) is 16.0. The summed E-state index contributed by atoms with van der Waals surface area (Å²) in [4.78, 5) is 1.16. The van der Waals surface area contributed by atoms with Gasteiger partial charge in [-0.2, -0.15) is 0 Å². The van der Waals surface area contributed by atoms with Gasteiger partial charge in [-0.25, -0.2) is 0 Å². The summed E-state index contributed by atoms with van der Waals surface area (Å²) in [6.45, 7) is 19.4. The number of hydrogen-bond donors (Lipinski definition) is 1. The highest BCUT2D eigenvalue weighted by Gasteiger charge is 2.37. The van der Waals surface area contributed by atoms with Gasteiger partial charge in [0.15, 0.2) is 8.32 Å². The summed E-state index contributed by atoms with van der Waals surface area (Å²) in [5.74, 6) is 0. The van der Waals surface area contributed by atoms with Crippen molar-refractivity contribution in [2.75, 3.05) is 0 Å². The second-order valence-corrected chi connectivity index (χ2v) is 13.0. The monoisotopic (exact) mass is 312 g/mol. The van der Waals surface area contributed by atoms with Crippen LogP contribution >= 0.6 is 11.3 Å². The Hall–Kier alpha value is -0.423. The van der Waals surface area contributed by atoms with Gasteiger partial charge in [-0.3, -0.25) is 0 Å². The molecule has 0 saturated heterocycles. The average Bonchev–Trinajstić information content (AvgIpc) is 2.73. The maximum atomic E-state index is 10.4. The first-order chi connectivity index (χ1) is 8.88. The van der Waals surface area contributed by atoms with E-state index in [-0.39, 0.29) is 5.04 Å². The lowest BCUT2D eigenvalue weighted by Crippen LogP contribution is -2.40. The number of hydrogen-bond acceptors (Lipinski definition) is 3. The van der Waals surface area contributed by atoms with Crippen molar-refractivity contribution in [2.45, 2.75) is 65.0 Å². The molecule has 1 aromatic heterocycles. The Morgan fingerprint density at radius 3 is 2.35 bits per heavy atom. The molecule has 2 nitrogen and oxygen atoms in total. The summed E-state index contributed by atoms with van der Waals surface area (Å²) in [5, 5.41) is 12.6. The number of thiophene rings is 1. The van der Waals surface area contributed by atoms with Crippen LogP contribution in [0.2, 0.25) is 18.1 Å². The first-order valence-electron chi connectivity index (χ1n) is 6.98. The molecule has 1 aromatic rings. The van der Waals surface area contributed by atoms with Crippen molar-refractivity contribution in [1.82, 2.24) is 0 Å². The highest BCUT2D eigenvalue weighted by molar-refractivity contribution is 7.10. The zero-order valence-electron chi connectivity index (χ0n) is 13.8. The first kappa shape index (κ1) is 17.6. The van der Waals surface area contributed by atoms with Gasteiger partial charge in [0, 0.05) is 4.88 Å². The van der Waals surface area contributed by atoms with Gasteiger partial charge in [0.1, 0.15) is 5.60 Å². The zero-order chi connectivity index (χ0) is 15.8. The molecule has 20 heavy (non-hydrogen) atoms. The Morgan fingerprint density at radius 2 is 1.90 bits per heavy atom. The summed E-state index contributed by atoms with van der Waals surface area (Å²) in [6.07, 6.45) is 0. The van der Waals surface area contributed by atoms with E-state index in [1.165, 1.54) is 0 Å². The maximum Gasteiger partial charge on any atom is 0.192 e. The molecule has 0 aliphatic rings. The average molecular weight is 313 g/mol. The van der Waals surface area contributed by atoms with Gasteiger partial charge in [-0.15, -0.1) is 11.3 Å². The van der Waals surface area contributed by atoms with Gasteiger partial charge in [0.25, 0.3) is 0 Å². The summed E-state index contributed by atoms with van der Waals surface area (Å²) in [7, 11) is -1.72. The van der Waals surface area contributed by atoms with E-state index in [2.05, 4.69) is 40.4 Å². The molecular formula is C16H28O2SSi. The molecule has 4 heteroatoms. The number of rotatable bonds is 5. The third-order valence-electron chi connectivity index (χ3n) is 4.43. The molecule has 0 saturated carbocycles. The molecule has 1 unspecified atom stereocenters. The summed E-state index contributed by atoms with van der Waals surface area (Å²) < 4.78 is 6.21. The standard InChI is InChI=1S/C16H28O2SSi/c1-12(2)16(6,17)13-9-14(19-11-13)10-18-20(7,8)15(3,4)5/h9,11,17H,1,10H2,2-8H3.